The highest BCUT2D eigenvalue weighted by atomic mass is 32.1. The summed E-state index contributed by atoms with van der Waals surface area (Å²) in [5.74, 6) is -0.291. The van der Waals surface area contributed by atoms with Gasteiger partial charge in [-0.1, -0.05) is 24.3 Å². The smallest absolute Gasteiger partial charge is 0.270 e. The Kier molecular flexibility index (Phi) is 5.40. The molecular formula is C23H24N4O2S. The molecule has 0 spiro atoms. The number of nitrogens with zero attached hydrogens (tertiary/aromatic N) is 3. The van der Waals surface area contributed by atoms with E-state index in [4.69, 9.17) is 0 Å². The minimum absolute atomic E-state index is 0.159. The minimum atomic E-state index is -0.980. The Bertz CT molecular complexity index is 1170. The van der Waals surface area contributed by atoms with Crippen molar-refractivity contribution in [3.05, 3.63) is 70.3 Å². The van der Waals surface area contributed by atoms with Crippen LogP contribution in [0.3, 0.4) is 0 Å². The number of aliphatic hydroxyl groups is 1. The van der Waals surface area contributed by atoms with E-state index in [1.54, 1.807) is 25.2 Å². The van der Waals surface area contributed by atoms with Crippen LogP contribution in [0.2, 0.25) is 0 Å². The van der Waals surface area contributed by atoms with E-state index in [1.165, 1.54) is 0 Å². The molecule has 4 aromatic rings. The molecular weight excluding hydrogens is 396 g/mol. The Hall–Kier alpha value is -3.03. The Morgan fingerprint density at radius 1 is 1.23 bits per heavy atom. The highest BCUT2D eigenvalue weighted by Gasteiger charge is 2.18. The van der Waals surface area contributed by atoms with Crippen LogP contribution >= 0.6 is 11.3 Å². The fourth-order valence-corrected chi connectivity index (χ4v) is 3.88. The Morgan fingerprint density at radius 3 is 2.67 bits per heavy atom. The Morgan fingerprint density at radius 2 is 2.00 bits per heavy atom. The minimum Gasteiger partial charge on any atom is -0.389 e. The lowest BCUT2D eigenvalue weighted by molar-refractivity contribution is 0.0692. The molecule has 0 fully saturated rings. The number of hydrogen-bond acceptors (Lipinski definition) is 5. The molecule has 3 aromatic heterocycles. The van der Waals surface area contributed by atoms with E-state index in [0.29, 0.717) is 12.1 Å². The van der Waals surface area contributed by atoms with E-state index in [1.807, 2.05) is 40.8 Å². The number of carbonyl (C=O) groups is 1. The normalized spacial score (nSPS) is 11.7. The van der Waals surface area contributed by atoms with Gasteiger partial charge in [-0.2, -0.15) is 0 Å². The average Bonchev–Trinajstić information content (AvgIpc) is 3.37. The summed E-state index contributed by atoms with van der Waals surface area (Å²) in [5, 5.41) is 15.7. The molecule has 3 heterocycles. The van der Waals surface area contributed by atoms with Gasteiger partial charge in [0.25, 0.3) is 5.91 Å². The second-order valence-corrected chi connectivity index (χ2v) is 8.79. The van der Waals surface area contributed by atoms with Crippen molar-refractivity contribution in [2.45, 2.75) is 25.9 Å². The molecule has 154 valence electrons. The molecule has 0 atom stereocenters. The Balaban J connectivity index is 1.63. The van der Waals surface area contributed by atoms with Crippen LogP contribution in [0.25, 0.3) is 22.3 Å². The summed E-state index contributed by atoms with van der Waals surface area (Å²) in [7, 11) is 1.92. The molecule has 0 saturated heterocycles. The van der Waals surface area contributed by atoms with Crippen molar-refractivity contribution in [1.29, 1.82) is 0 Å². The van der Waals surface area contributed by atoms with Gasteiger partial charge in [0, 0.05) is 36.1 Å². The molecule has 2 N–H and O–H groups in total. The predicted octanol–water partition coefficient (Wildman–Crippen LogP) is 3.79. The monoisotopic (exact) mass is 420 g/mol. The van der Waals surface area contributed by atoms with E-state index in [9.17, 15) is 9.90 Å². The highest BCUT2D eigenvalue weighted by Crippen LogP contribution is 2.24. The molecule has 0 unspecified atom stereocenters. The quantitative estimate of drug-likeness (QED) is 0.497. The van der Waals surface area contributed by atoms with Crippen molar-refractivity contribution in [2.75, 3.05) is 6.54 Å². The summed E-state index contributed by atoms with van der Waals surface area (Å²) in [5.41, 5.74) is 6.22. The first kappa shape index (κ1) is 20.3. The molecule has 0 aliphatic carbocycles. The van der Waals surface area contributed by atoms with Crippen LogP contribution in [0.4, 0.5) is 0 Å². The van der Waals surface area contributed by atoms with Crippen LogP contribution < -0.4 is 5.32 Å². The Labute approximate surface area is 179 Å². The molecule has 6 nitrogen and oxygen atoms in total. The lowest BCUT2D eigenvalue weighted by Gasteiger charge is -2.17. The number of rotatable bonds is 6. The number of aryl methyl sites for hydroxylation is 1. The molecule has 1 aromatic carbocycles. The first-order valence-corrected chi connectivity index (χ1v) is 10.7. The molecule has 0 bridgehead atoms. The molecule has 0 radical (unpaired) electrons. The summed E-state index contributed by atoms with van der Waals surface area (Å²) in [6.07, 6.45) is 2.64. The van der Waals surface area contributed by atoms with E-state index >= 15 is 0 Å². The maximum atomic E-state index is 12.6. The fraction of sp³-hybridized carbons (Fsp3) is 0.261. The van der Waals surface area contributed by atoms with Crippen molar-refractivity contribution in [3.8, 4) is 11.3 Å². The molecule has 0 saturated carbocycles. The van der Waals surface area contributed by atoms with E-state index in [-0.39, 0.29) is 12.5 Å². The predicted molar refractivity (Wildman–Crippen MR) is 120 cm³/mol. The number of aromatic nitrogens is 3. The second-order valence-electron chi connectivity index (χ2n) is 8.07. The average molecular weight is 421 g/mol. The largest absolute Gasteiger partial charge is 0.389 e. The van der Waals surface area contributed by atoms with Gasteiger partial charge >= 0.3 is 0 Å². The van der Waals surface area contributed by atoms with Crippen molar-refractivity contribution in [1.82, 2.24) is 19.9 Å². The first-order valence-electron chi connectivity index (χ1n) is 9.73. The molecule has 0 aliphatic rings. The molecule has 1 amide bonds. The van der Waals surface area contributed by atoms with Crippen LogP contribution in [-0.2, 0) is 13.5 Å². The topological polar surface area (TPSA) is 80.0 Å². The summed E-state index contributed by atoms with van der Waals surface area (Å²) in [4.78, 5) is 21.6. The van der Waals surface area contributed by atoms with Gasteiger partial charge in [0.2, 0.25) is 0 Å². The van der Waals surface area contributed by atoms with Crippen molar-refractivity contribution in [2.24, 2.45) is 7.05 Å². The molecule has 7 heteroatoms. The van der Waals surface area contributed by atoms with Crippen LogP contribution in [0.5, 0.6) is 0 Å². The number of pyridine rings is 1. The van der Waals surface area contributed by atoms with Gasteiger partial charge in [0.1, 0.15) is 11.3 Å². The standard InChI is InChI=1S/C23H24N4O2S/c1-23(2,29)13-24-22(28)19-11-17(18-8-9-27(3)21(18)26-19)10-15-4-6-16(7-5-15)20-12-30-14-25-20/h4-9,11-12,14,29H,10,13H2,1-3H3,(H,24,28). The maximum Gasteiger partial charge on any atom is 0.270 e. The highest BCUT2D eigenvalue weighted by molar-refractivity contribution is 7.07. The van der Waals surface area contributed by atoms with Gasteiger partial charge in [0.05, 0.1) is 16.8 Å². The lowest BCUT2D eigenvalue weighted by atomic mass is 10.0. The van der Waals surface area contributed by atoms with Crippen molar-refractivity contribution < 1.29 is 9.90 Å². The third-order valence-electron chi connectivity index (χ3n) is 4.91. The summed E-state index contributed by atoms with van der Waals surface area (Å²) < 4.78 is 1.91. The molecule has 0 aliphatic heterocycles. The van der Waals surface area contributed by atoms with Gasteiger partial charge in [0.15, 0.2) is 0 Å². The van der Waals surface area contributed by atoms with Crippen LogP contribution in [0, 0.1) is 0 Å². The molecule has 30 heavy (non-hydrogen) atoms. The third-order valence-corrected chi connectivity index (χ3v) is 5.50. The number of thiazole rings is 1. The third kappa shape index (κ3) is 4.42. The first-order chi connectivity index (χ1) is 14.3. The molecule has 4 rings (SSSR count). The fourth-order valence-electron chi connectivity index (χ4n) is 3.32. The number of fused-ring (bicyclic) bond motifs is 1. The van der Waals surface area contributed by atoms with Crippen LogP contribution in [-0.4, -0.2) is 37.7 Å². The number of hydrogen-bond donors (Lipinski definition) is 2. The van der Waals surface area contributed by atoms with E-state index in [0.717, 1.165) is 33.4 Å². The van der Waals surface area contributed by atoms with Gasteiger partial charge in [-0.05, 0) is 43.5 Å². The second kappa shape index (κ2) is 8.01. The van der Waals surface area contributed by atoms with E-state index < -0.39 is 5.60 Å². The van der Waals surface area contributed by atoms with Gasteiger partial charge in [-0.25, -0.2) is 9.97 Å². The van der Waals surface area contributed by atoms with Crippen molar-refractivity contribution in [3.63, 3.8) is 0 Å². The summed E-state index contributed by atoms with van der Waals surface area (Å²) in [6, 6.07) is 12.2. The zero-order chi connectivity index (χ0) is 21.3. The number of benzene rings is 1. The van der Waals surface area contributed by atoms with Crippen molar-refractivity contribution >= 4 is 28.3 Å². The number of nitrogens with one attached hydrogen (secondary N) is 1. The zero-order valence-electron chi connectivity index (χ0n) is 17.2. The zero-order valence-corrected chi connectivity index (χ0v) is 18.0. The summed E-state index contributed by atoms with van der Waals surface area (Å²) >= 11 is 1.58. The SMILES string of the molecule is Cn1ccc2c(Cc3ccc(-c4cscn4)cc3)cc(C(=O)NCC(C)(C)O)nc21. The van der Waals surface area contributed by atoms with Gasteiger partial charge in [-0.3, -0.25) is 4.79 Å². The van der Waals surface area contributed by atoms with Crippen LogP contribution in [0.1, 0.15) is 35.5 Å². The number of amides is 1. The number of carbonyl (C=O) groups excluding carboxylic acids is 1. The van der Waals surface area contributed by atoms with Gasteiger partial charge in [-0.15, -0.1) is 11.3 Å². The maximum absolute atomic E-state index is 12.6. The lowest BCUT2D eigenvalue weighted by Crippen LogP contribution is -2.38. The summed E-state index contributed by atoms with van der Waals surface area (Å²) in [6.45, 7) is 3.47. The van der Waals surface area contributed by atoms with Gasteiger partial charge < -0.3 is 15.0 Å². The van der Waals surface area contributed by atoms with E-state index in [2.05, 4.69) is 39.6 Å². The van der Waals surface area contributed by atoms with Crippen LogP contribution in [0.15, 0.2) is 53.5 Å².